The first-order chi connectivity index (χ1) is 12.3. The molecule has 1 amide bonds. The van der Waals surface area contributed by atoms with E-state index in [1.54, 1.807) is 6.20 Å². The van der Waals surface area contributed by atoms with Crippen LogP contribution in [0, 0.1) is 12.7 Å². The highest BCUT2D eigenvalue weighted by atomic mass is 35.5. The van der Waals surface area contributed by atoms with Crippen molar-refractivity contribution in [2.24, 2.45) is 0 Å². The molecule has 3 rings (SSSR count). The van der Waals surface area contributed by atoms with Crippen molar-refractivity contribution in [3.8, 4) is 0 Å². The lowest BCUT2D eigenvalue weighted by atomic mass is 10.1. The summed E-state index contributed by atoms with van der Waals surface area (Å²) < 4.78 is 40.0. The van der Waals surface area contributed by atoms with Gasteiger partial charge in [0.25, 0.3) is 15.9 Å². The number of sulfonamides is 1. The average Bonchev–Trinajstić information content (AvgIpc) is 2.94. The largest absolute Gasteiger partial charge is 0.360 e. The zero-order chi connectivity index (χ0) is 18.9. The van der Waals surface area contributed by atoms with Gasteiger partial charge in [-0.05, 0) is 55.0 Å². The van der Waals surface area contributed by atoms with Gasteiger partial charge in [-0.2, -0.15) is 0 Å². The van der Waals surface area contributed by atoms with Crippen LogP contribution in [0.1, 0.15) is 11.1 Å². The third-order valence-corrected chi connectivity index (χ3v) is 5.38. The maximum atomic E-state index is 13.7. The van der Waals surface area contributed by atoms with E-state index in [-0.39, 0.29) is 4.90 Å². The molecular weight excluding hydrogens is 379 g/mol. The van der Waals surface area contributed by atoms with E-state index in [2.05, 4.69) is 4.98 Å². The van der Waals surface area contributed by atoms with Crippen molar-refractivity contribution >= 4 is 44.5 Å². The summed E-state index contributed by atoms with van der Waals surface area (Å²) in [6.45, 7) is 1.83. The predicted molar refractivity (Wildman–Crippen MR) is 98.8 cm³/mol. The van der Waals surface area contributed by atoms with Crippen molar-refractivity contribution in [3.63, 3.8) is 0 Å². The lowest BCUT2D eigenvalue weighted by molar-refractivity contribution is -0.114. The summed E-state index contributed by atoms with van der Waals surface area (Å²) in [5.41, 5.74) is 1.96. The summed E-state index contributed by atoms with van der Waals surface area (Å²) >= 11 is 5.72. The highest BCUT2D eigenvalue weighted by Crippen LogP contribution is 2.24. The fraction of sp³-hybridized carbons (Fsp3) is 0.0556. The van der Waals surface area contributed by atoms with E-state index in [0.29, 0.717) is 21.5 Å². The third kappa shape index (κ3) is 3.79. The molecule has 2 N–H and O–H groups in total. The minimum absolute atomic E-state index is 0.0863. The number of aromatic amines is 1. The number of rotatable bonds is 4. The summed E-state index contributed by atoms with van der Waals surface area (Å²) in [5, 5.41) is 1.07. The molecule has 0 unspecified atom stereocenters. The first-order valence-electron chi connectivity index (χ1n) is 7.54. The third-order valence-electron chi connectivity index (χ3n) is 3.76. The number of H-pyrrole nitrogens is 1. The first-order valence-corrected chi connectivity index (χ1v) is 9.40. The number of nitrogens with one attached hydrogen (secondary N) is 2. The molecule has 0 aliphatic rings. The number of aromatic nitrogens is 1. The van der Waals surface area contributed by atoms with E-state index < -0.39 is 21.7 Å². The van der Waals surface area contributed by atoms with Crippen LogP contribution >= 0.6 is 11.6 Å². The summed E-state index contributed by atoms with van der Waals surface area (Å²) in [4.78, 5) is 14.9. The van der Waals surface area contributed by atoms with Gasteiger partial charge in [0.05, 0.1) is 10.4 Å². The van der Waals surface area contributed by atoms with E-state index in [1.165, 1.54) is 42.5 Å². The Balaban J connectivity index is 1.83. The molecule has 0 bridgehead atoms. The molecule has 0 spiro atoms. The monoisotopic (exact) mass is 392 g/mol. The maximum absolute atomic E-state index is 13.7. The van der Waals surface area contributed by atoms with Gasteiger partial charge in [-0.15, -0.1) is 0 Å². The highest BCUT2D eigenvalue weighted by Gasteiger charge is 2.16. The smallest absolute Gasteiger partial charge is 0.264 e. The van der Waals surface area contributed by atoms with Crippen LogP contribution in [-0.2, 0) is 14.8 Å². The molecule has 0 saturated carbocycles. The van der Waals surface area contributed by atoms with Gasteiger partial charge < -0.3 is 4.98 Å². The van der Waals surface area contributed by atoms with E-state index in [9.17, 15) is 17.6 Å². The zero-order valence-electron chi connectivity index (χ0n) is 13.6. The minimum atomic E-state index is -4.02. The molecule has 1 heterocycles. The summed E-state index contributed by atoms with van der Waals surface area (Å²) in [5.74, 6) is -1.30. The molecule has 8 heteroatoms. The Bertz CT molecular complexity index is 1120. The Kier molecular flexibility index (Phi) is 4.84. The molecule has 1 aromatic heterocycles. The topological polar surface area (TPSA) is 79.0 Å². The molecule has 0 atom stereocenters. The lowest BCUT2D eigenvalue weighted by Gasteiger charge is -2.05. The minimum Gasteiger partial charge on any atom is -0.360 e. The maximum Gasteiger partial charge on any atom is 0.264 e. The Labute approximate surface area is 154 Å². The summed E-state index contributed by atoms with van der Waals surface area (Å²) in [7, 11) is -4.02. The van der Waals surface area contributed by atoms with Crippen LogP contribution in [0.2, 0.25) is 5.02 Å². The van der Waals surface area contributed by atoms with Gasteiger partial charge in [-0.25, -0.2) is 17.5 Å². The Morgan fingerprint density at radius 3 is 2.62 bits per heavy atom. The fourth-order valence-corrected chi connectivity index (χ4v) is 3.57. The standard InChI is InChI=1S/C18H14ClFN2O3S/c1-11-10-21-18-12(8-14(20)9-16(11)18)2-7-17(23)22-26(24,25)15-5-3-13(19)4-6-15/h2-10,21H,1H3,(H,22,23)/b7-2+. The van der Waals surface area contributed by atoms with Gasteiger partial charge >= 0.3 is 0 Å². The van der Waals surface area contributed by atoms with E-state index in [0.717, 1.165) is 11.6 Å². The van der Waals surface area contributed by atoms with Crippen molar-refractivity contribution in [1.29, 1.82) is 0 Å². The van der Waals surface area contributed by atoms with E-state index in [4.69, 9.17) is 11.6 Å². The number of hydrogen-bond donors (Lipinski definition) is 2. The van der Waals surface area contributed by atoms with Crippen LogP contribution < -0.4 is 4.72 Å². The van der Waals surface area contributed by atoms with Crippen LogP contribution in [0.25, 0.3) is 17.0 Å². The number of amides is 1. The summed E-state index contributed by atoms with van der Waals surface area (Å²) in [6, 6.07) is 8.05. The van der Waals surface area contributed by atoms with Crippen LogP contribution in [0.15, 0.2) is 53.6 Å². The fourth-order valence-electron chi connectivity index (χ4n) is 2.49. The second kappa shape index (κ2) is 6.93. The van der Waals surface area contributed by atoms with Crippen LogP contribution in [0.5, 0.6) is 0 Å². The van der Waals surface area contributed by atoms with Crippen molar-refractivity contribution < 1.29 is 17.6 Å². The molecular formula is C18H14ClFN2O3S. The Morgan fingerprint density at radius 1 is 1.23 bits per heavy atom. The van der Waals surface area contributed by atoms with Gasteiger partial charge in [-0.3, -0.25) is 4.79 Å². The average molecular weight is 393 g/mol. The molecule has 0 aliphatic heterocycles. The Morgan fingerprint density at radius 2 is 1.92 bits per heavy atom. The van der Waals surface area contributed by atoms with Gasteiger partial charge in [0.15, 0.2) is 0 Å². The van der Waals surface area contributed by atoms with Crippen molar-refractivity contribution in [2.75, 3.05) is 0 Å². The predicted octanol–water partition coefficient (Wildman–Crippen LogP) is 3.79. The molecule has 0 radical (unpaired) electrons. The number of halogens is 2. The van der Waals surface area contributed by atoms with E-state index in [1.807, 2.05) is 11.6 Å². The molecule has 134 valence electrons. The Hall–Kier alpha value is -2.64. The number of benzene rings is 2. The molecule has 0 saturated heterocycles. The molecule has 26 heavy (non-hydrogen) atoms. The van der Waals surface area contributed by atoms with Crippen molar-refractivity contribution in [1.82, 2.24) is 9.71 Å². The SMILES string of the molecule is Cc1c[nH]c2c(/C=C/C(=O)NS(=O)(=O)c3ccc(Cl)cc3)cc(F)cc12. The van der Waals surface area contributed by atoms with Gasteiger partial charge in [-0.1, -0.05) is 11.6 Å². The molecule has 5 nitrogen and oxygen atoms in total. The molecule has 0 aliphatic carbocycles. The van der Waals surface area contributed by atoms with Crippen molar-refractivity contribution in [2.45, 2.75) is 11.8 Å². The van der Waals surface area contributed by atoms with Crippen LogP contribution in [0.3, 0.4) is 0 Å². The van der Waals surface area contributed by atoms with Crippen LogP contribution in [0.4, 0.5) is 4.39 Å². The van der Waals surface area contributed by atoms with Crippen LogP contribution in [-0.4, -0.2) is 19.3 Å². The normalized spacial score (nSPS) is 12.0. The van der Waals surface area contributed by atoms with E-state index >= 15 is 0 Å². The molecule has 3 aromatic rings. The number of carbonyl (C=O) groups excluding carboxylic acids is 1. The number of aryl methyl sites for hydroxylation is 1. The molecule has 2 aromatic carbocycles. The van der Waals surface area contributed by atoms with Gasteiger partial charge in [0, 0.05) is 28.2 Å². The number of carbonyl (C=O) groups is 1. The van der Waals surface area contributed by atoms with Crippen molar-refractivity contribution in [3.05, 3.63) is 70.6 Å². The number of hydrogen-bond acceptors (Lipinski definition) is 3. The zero-order valence-corrected chi connectivity index (χ0v) is 15.2. The van der Waals surface area contributed by atoms with Gasteiger partial charge in [0.2, 0.25) is 0 Å². The second-order valence-electron chi connectivity index (χ2n) is 5.65. The summed E-state index contributed by atoms with van der Waals surface area (Å²) in [6.07, 6.45) is 4.12. The molecule has 0 fully saturated rings. The van der Waals surface area contributed by atoms with Gasteiger partial charge in [0.1, 0.15) is 5.82 Å². The quantitative estimate of drug-likeness (QED) is 0.663. The number of fused-ring (bicyclic) bond motifs is 1. The first kappa shape index (κ1) is 18.2. The highest BCUT2D eigenvalue weighted by molar-refractivity contribution is 7.90. The second-order valence-corrected chi connectivity index (χ2v) is 7.77. The lowest BCUT2D eigenvalue weighted by Crippen LogP contribution is -2.28.